The van der Waals surface area contributed by atoms with Crippen LogP contribution in [0, 0.1) is 13.8 Å². The third-order valence-corrected chi connectivity index (χ3v) is 7.17. The zero-order chi connectivity index (χ0) is 24.5. The minimum Gasteiger partial charge on any atom is -0.472 e. The molecule has 0 saturated carbocycles. The molecule has 6 nitrogen and oxygen atoms in total. The van der Waals surface area contributed by atoms with Crippen molar-refractivity contribution in [1.29, 1.82) is 0 Å². The minimum absolute atomic E-state index is 0.126. The first-order chi connectivity index (χ1) is 16.3. The van der Waals surface area contributed by atoms with Gasteiger partial charge in [-0.1, -0.05) is 29.8 Å². The topological polar surface area (TPSA) is 67.1 Å². The molecule has 2 heterocycles. The van der Waals surface area contributed by atoms with Gasteiger partial charge in [0.15, 0.2) is 5.54 Å². The lowest BCUT2D eigenvalue weighted by Crippen LogP contribution is -2.57. The van der Waals surface area contributed by atoms with Crippen molar-refractivity contribution >= 4 is 46.4 Å². The third-order valence-electron chi connectivity index (χ3n) is 6.35. The molecule has 0 aliphatic carbocycles. The van der Waals surface area contributed by atoms with Gasteiger partial charge in [-0.25, -0.2) is 5.01 Å². The lowest BCUT2D eigenvalue weighted by Gasteiger charge is -2.38. The highest BCUT2D eigenvalue weighted by atomic mass is 31.0. The molecule has 1 aliphatic heterocycles. The fourth-order valence-electron chi connectivity index (χ4n) is 4.63. The molecule has 0 saturated heterocycles. The van der Waals surface area contributed by atoms with Crippen molar-refractivity contribution in [2.24, 2.45) is 5.10 Å². The van der Waals surface area contributed by atoms with Crippen LogP contribution in [0.4, 0.5) is 5.69 Å². The summed E-state index contributed by atoms with van der Waals surface area (Å²) in [4.78, 5) is 13.9. The second kappa shape index (κ2) is 10.00. The minimum atomic E-state index is -1.04. The van der Waals surface area contributed by atoms with Gasteiger partial charge in [-0.3, -0.25) is 4.79 Å². The van der Waals surface area contributed by atoms with E-state index in [0.29, 0.717) is 13.2 Å². The Morgan fingerprint density at radius 3 is 2.65 bits per heavy atom. The molecule has 0 radical (unpaired) electrons. The van der Waals surface area contributed by atoms with E-state index in [9.17, 15) is 4.79 Å². The Hall–Kier alpha value is -2.52. The van der Waals surface area contributed by atoms with E-state index in [-0.39, 0.29) is 11.8 Å². The maximum Gasteiger partial charge on any atom is 0.248 e. The van der Waals surface area contributed by atoms with E-state index >= 15 is 0 Å². The average Bonchev–Trinajstić information content (AvgIpc) is 3.41. The van der Waals surface area contributed by atoms with Gasteiger partial charge < -0.3 is 14.5 Å². The molecule has 34 heavy (non-hydrogen) atoms. The number of methoxy groups -OCH3 is 1. The van der Waals surface area contributed by atoms with Crippen molar-refractivity contribution in [2.45, 2.75) is 32.2 Å². The number of hydrazone groups is 1. The van der Waals surface area contributed by atoms with Gasteiger partial charge in [-0.2, -0.15) is 5.10 Å². The van der Waals surface area contributed by atoms with Crippen LogP contribution in [-0.4, -0.2) is 37.4 Å². The second-order valence-electron chi connectivity index (χ2n) is 8.82. The SMILES string of the molecule is COCCNC(=O)C1(C)C(c2ccoc2)C(c2ccc(C)cc2C)=NN1c1ccc(P)cc1P. The number of aryl methyl sites for hydroxylation is 2. The van der Waals surface area contributed by atoms with Gasteiger partial charge in [0.2, 0.25) is 5.91 Å². The molecule has 8 heteroatoms. The zero-order valence-electron chi connectivity index (χ0n) is 20.0. The molecule has 0 bridgehead atoms. The van der Waals surface area contributed by atoms with Crippen molar-refractivity contribution in [3.63, 3.8) is 0 Å². The Bertz CT molecular complexity index is 1230. The summed E-state index contributed by atoms with van der Waals surface area (Å²) < 4.78 is 10.7. The Kier molecular flexibility index (Phi) is 7.23. The molecule has 4 rings (SSSR count). The maximum absolute atomic E-state index is 13.9. The molecule has 178 valence electrons. The van der Waals surface area contributed by atoms with Crippen LogP contribution in [0.25, 0.3) is 0 Å². The summed E-state index contributed by atoms with van der Waals surface area (Å²) in [5.41, 5.74) is 4.86. The first-order valence-corrected chi connectivity index (χ1v) is 12.3. The van der Waals surface area contributed by atoms with Crippen LogP contribution in [0.5, 0.6) is 0 Å². The molecule has 1 N–H and O–H groups in total. The molecule has 3 aromatic rings. The number of rotatable bonds is 7. The summed E-state index contributed by atoms with van der Waals surface area (Å²) in [6.07, 6.45) is 3.35. The smallest absolute Gasteiger partial charge is 0.248 e. The fourth-order valence-corrected chi connectivity index (χ4v) is 5.51. The Balaban J connectivity index is 1.93. The fraction of sp³-hybridized carbons (Fsp3) is 0.308. The van der Waals surface area contributed by atoms with Crippen LogP contribution >= 0.6 is 18.5 Å². The van der Waals surface area contributed by atoms with Crippen LogP contribution in [0.3, 0.4) is 0 Å². The van der Waals surface area contributed by atoms with Crippen molar-refractivity contribution in [3.05, 3.63) is 77.2 Å². The van der Waals surface area contributed by atoms with Gasteiger partial charge in [-0.15, -0.1) is 18.5 Å². The molecule has 1 aromatic heterocycles. The largest absolute Gasteiger partial charge is 0.472 e. The van der Waals surface area contributed by atoms with Gasteiger partial charge in [0, 0.05) is 24.8 Å². The lowest BCUT2D eigenvalue weighted by molar-refractivity contribution is -0.126. The number of carbonyl (C=O) groups is 1. The Labute approximate surface area is 205 Å². The number of benzene rings is 2. The summed E-state index contributed by atoms with van der Waals surface area (Å²) in [5.74, 6) is -0.478. The maximum atomic E-state index is 13.9. The highest BCUT2D eigenvalue weighted by Crippen LogP contribution is 2.45. The first kappa shape index (κ1) is 24.6. The van der Waals surface area contributed by atoms with E-state index in [1.165, 1.54) is 5.56 Å². The third kappa shape index (κ3) is 4.43. The Morgan fingerprint density at radius 1 is 1.21 bits per heavy atom. The summed E-state index contributed by atoms with van der Waals surface area (Å²) in [5, 5.41) is 12.1. The Morgan fingerprint density at radius 2 is 2.00 bits per heavy atom. The molecular weight excluding hydrogens is 464 g/mol. The number of anilines is 1. The summed E-state index contributed by atoms with van der Waals surface area (Å²) in [6.45, 7) is 6.95. The van der Waals surface area contributed by atoms with E-state index in [2.05, 4.69) is 55.8 Å². The molecule has 0 spiro atoms. The monoisotopic (exact) mass is 495 g/mol. The number of furan rings is 1. The number of carbonyl (C=O) groups excluding carboxylic acids is 1. The van der Waals surface area contributed by atoms with E-state index in [4.69, 9.17) is 14.3 Å². The second-order valence-corrected chi connectivity index (χ2v) is 10.1. The number of nitrogens with one attached hydrogen (secondary N) is 1. The first-order valence-electron chi connectivity index (χ1n) is 11.2. The van der Waals surface area contributed by atoms with E-state index in [1.807, 2.05) is 36.2 Å². The van der Waals surface area contributed by atoms with Crippen LogP contribution in [-0.2, 0) is 9.53 Å². The molecule has 2 aromatic carbocycles. The van der Waals surface area contributed by atoms with E-state index in [1.54, 1.807) is 19.6 Å². The molecule has 4 unspecified atom stereocenters. The van der Waals surface area contributed by atoms with Gasteiger partial charge in [-0.05, 0) is 55.1 Å². The van der Waals surface area contributed by atoms with Crippen LogP contribution in [0.2, 0.25) is 0 Å². The summed E-state index contributed by atoms with van der Waals surface area (Å²) in [6, 6.07) is 14.3. The summed E-state index contributed by atoms with van der Waals surface area (Å²) in [7, 11) is 7.11. The van der Waals surface area contributed by atoms with Crippen molar-refractivity contribution in [2.75, 3.05) is 25.3 Å². The number of amides is 1. The van der Waals surface area contributed by atoms with Crippen LogP contribution in [0.15, 0.2) is 64.5 Å². The summed E-state index contributed by atoms with van der Waals surface area (Å²) >= 11 is 0. The molecule has 4 atom stereocenters. The quantitative estimate of drug-likeness (QED) is 0.403. The van der Waals surface area contributed by atoms with Crippen molar-refractivity contribution in [1.82, 2.24) is 5.32 Å². The van der Waals surface area contributed by atoms with Gasteiger partial charge in [0.25, 0.3) is 0 Å². The molecule has 1 amide bonds. The van der Waals surface area contributed by atoms with Crippen LogP contribution < -0.4 is 20.9 Å². The number of nitrogens with zero attached hydrogens (tertiary/aromatic N) is 2. The van der Waals surface area contributed by atoms with Crippen molar-refractivity contribution in [3.8, 4) is 0 Å². The number of ether oxygens (including phenoxy) is 1. The van der Waals surface area contributed by atoms with Crippen molar-refractivity contribution < 1.29 is 13.9 Å². The van der Waals surface area contributed by atoms with Crippen LogP contribution in [0.1, 0.15) is 35.1 Å². The van der Waals surface area contributed by atoms with Gasteiger partial charge >= 0.3 is 0 Å². The normalized spacial score (nSPS) is 19.9. The highest BCUT2D eigenvalue weighted by molar-refractivity contribution is 7.29. The predicted octanol–water partition coefficient (Wildman–Crippen LogP) is 3.43. The van der Waals surface area contributed by atoms with Gasteiger partial charge in [0.1, 0.15) is 0 Å². The average molecular weight is 496 g/mol. The predicted molar refractivity (Wildman–Crippen MR) is 145 cm³/mol. The molecule has 1 aliphatic rings. The number of hydrogen-bond donors (Lipinski definition) is 1. The van der Waals surface area contributed by atoms with Gasteiger partial charge in [0.05, 0.1) is 36.5 Å². The van der Waals surface area contributed by atoms with E-state index < -0.39 is 5.54 Å². The lowest BCUT2D eigenvalue weighted by atomic mass is 9.75. The number of hydrogen-bond acceptors (Lipinski definition) is 5. The molecular formula is C26H31N3O3P2. The zero-order valence-corrected chi connectivity index (χ0v) is 22.3. The molecule has 0 fully saturated rings. The van der Waals surface area contributed by atoms with E-state index in [0.717, 1.165) is 38.7 Å². The standard InChI is InChI=1S/C26H31N3O3P2/c1-16-5-7-20(17(2)13-16)24-23(18-9-11-32-15-18)26(3,25(30)27-10-12-31-4)29(28-24)21-8-6-19(33)14-22(21)34/h5-9,11,13-15,23H,10,12,33-34H2,1-4H3,(H,27,30). The highest BCUT2D eigenvalue weighted by Gasteiger charge is 2.55.